The zero-order valence-corrected chi connectivity index (χ0v) is 19.0. The highest BCUT2D eigenvalue weighted by molar-refractivity contribution is 7.80. The molecule has 160 valence electrons. The number of fused-ring (bicyclic) bond motifs is 1. The molecule has 0 amide bonds. The van der Waals surface area contributed by atoms with Gasteiger partial charge in [-0.3, -0.25) is 4.98 Å². The molecule has 4 N–H and O–H groups in total. The van der Waals surface area contributed by atoms with Gasteiger partial charge >= 0.3 is 0 Å². The molecule has 2 heterocycles. The number of anilines is 1. The van der Waals surface area contributed by atoms with E-state index >= 15 is 0 Å². The van der Waals surface area contributed by atoms with E-state index in [2.05, 4.69) is 25.3 Å². The molecule has 0 radical (unpaired) electrons. The van der Waals surface area contributed by atoms with Crippen LogP contribution in [0.25, 0.3) is 11.0 Å². The van der Waals surface area contributed by atoms with Gasteiger partial charge in [0.1, 0.15) is 5.52 Å². The molecular weight excluding hydrogens is 392 g/mol. The maximum atomic E-state index is 5.95. The smallest absolute Gasteiger partial charge is 0.170 e. The first-order valence-electron chi connectivity index (χ1n) is 10.6. The molecule has 3 rings (SSSR count). The summed E-state index contributed by atoms with van der Waals surface area (Å²) in [6.45, 7) is 8.72. The van der Waals surface area contributed by atoms with Crippen LogP contribution in [0.4, 0.5) is 5.69 Å². The van der Waals surface area contributed by atoms with E-state index in [-0.39, 0.29) is 0 Å². The number of thiocarbonyl (C=S) groups is 1. The summed E-state index contributed by atoms with van der Waals surface area (Å²) in [6, 6.07) is 10.1. The van der Waals surface area contributed by atoms with Gasteiger partial charge < -0.3 is 20.9 Å². The number of nitrogens with two attached hydrogens (primary N) is 2. The molecule has 0 spiro atoms. The van der Waals surface area contributed by atoms with Crippen LogP contribution in [-0.2, 0) is 6.54 Å². The Morgan fingerprint density at radius 1 is 1.20 bits per heavy atom. The first kappa shape index (κ1) is 22.2. The van der Waals surface area contributed by atoms with E-state index < -0.39 is 0 Å². The number of benzene rings is 1. The van der Waals surface area contributed by atoms with Crippen LogP contribution in [0.15, 0.2) is 36.7 Å². The molecule has 0 aliphatic heterocycles. The number of unbranched alkanes of at least 4 members (excludes halogenated alkanes) is 1. The predicted molar refractivity (Wildman–Crippen MR) is 129 cm³/mol. The van der Waals surface area contributed by atoms with Gasteiger partial charge in [-0.15, -0.1) is 0 Å². The van der Waals surface area contributed by atoms with Crippen LogP contribution in [0, 0.1) is 13.8 Å². The number of para-hydroxylation sites is 1. The highest BCUT2D eigenvalue weighted by atomic mass is 32.1. The summed E-state index contributed by atoms with van der Waals surface area (Å²) in [6.07, 6.45) is 4.84. The number of aryl methyl sites for hydroxylation is 3. The zero-order valence-electron chi connectivity index (χ0n) is 18.1. The lowest BCUT2D eigenvalue weighted by molar-refractivity contribution is 0.624. The molecule has 30 heavy (non-hydrogen) atoms. The van der Waals surface area contributed by atoms with Crippen LogP contribution in [0.2, 0.25) is 0 Å². The van der Waals surface area contributed by atoms with Crippen molar-refractivity contribution in [3.63, 3.8) is 0 Å². The lowest BCUT2D eigenvalue weighted by Crippen LogP contribution is -2.36. The second-order valence-electron chi connectivity index (χ2n) is 7.85. The van der Waals surface area contributed by atoms with Crippen molar-refractivity contribution in [1.29, 1.82) is 0 Å². The van der Waals surface area contributed by atoms with E-state index in [9.17, 15) is 0 Å². The predicted octanol–water partition coefficient (Wildman–Crippen LogP) is 4.03. The Labute approximate surface area is 184 Å². The largest absolute Gasteiger partial charge is 0.376 e. The molecule has 0 aliphatic carbocycles. The molecule has 1 aromatic carbocycles. The van der Waals surface area contributed by atoms with Gasteiger partial charge in [0.15, 0.2) is 5.11 Å². The molecular formula is C23H32N6S. The second-order valence-corrected chi connectivity index (χ2v) is 8.27. The van der Waals surface area contributed by atoms with E-state index in [1.54, 1.807) is 0 Å². The Morgan fingerprint density at radius 3 is 2.60 bits per heavy atom. The minimum Gasteiger partial charge on any atom is -0.376 e. The molecule has 0 saturated heterocycles. The van der Waals surface area contributed by atoms with E-state index in [1.807, 2.05) is 41.6 Å². The van der Waals surface area contributed by atoms with Gasteiger partial charge in [-0.25, -0.2) is 4.98 Å². The maximum absolute atomic E-state index is 5.95. The van der Waals surface area contributed by atoms with Crippen molar-refractivity contribution in [2.45, 2.75) is 52.5 Å². The van der Waals surface area contributed by atoms with Crippen LogP contribution < -0.4 is 16.4 Å². The summed E-state index contributed by atoms with van der Waals surface area (Å²) in [5.41, 5.74) is 18.3. The van der Waals surface area contributed by atoms with Crippen molar-refractivity contribution in [3.05, 3.63) is 53.6 Å². The molecule has 0 bridgehead atoms. The number of nitrogens with zero attached hydrogens (tertiary/aromatic N) is 4. The van der Waals surface area contributed by atoms with Gasteiger partial charge in [-0.1, -0.05) is 25.1 Å². The fourth-order valence-corrected chi connectivity index (χ4v) is 4.07. The summed E-state index contributed by atoms with van der Waals surface area (Å²) in [5, 5.41) is 0.408. The summed E-state index contributed by atoms with van der Waals surface area (Å²) < 4.78 is 2.26. The van der Waals surface area contributed by atoms with Gasteiger partial charge in [0.05, 0.1) is 17.5 Å². The molecule has 7 heteroatoms. The normalized spacial score (nSPS) is 12.3. The summed E-state index contributed by atoms with van der Waals surface area (Å²) in [5.74, 6) is 0.296. The van der Waals surface area contributed by atoms with Gasteiger partial charge in [0.25, 0.3) is 0 Å². The molecule has 2 aromatic heterocycles. The Morgan fingerprint density at radius 2 is 1.93 bits per heavy atom. The molecule has 1 unspecified atom stereocenters. The SMILES string of the molecule is Cc1nc(C(C)CCN)c2ncn(CCCCN(C(N)=S)c3ccccc3)c2c1C. The fourth-order valence-electron chi connectivity index (χ4n) is 3.88. The highest BCUT2D eigenvalue weighted by Crippen LogP contribution is 2.28. The number of imidazole rings is 1. The third-order valence-electron chi connectivity index (χ3n) is 5.70. The molecule has 0 aliphatic rings. The molecule has 6 nitrogen and oxygen atoms in total. The number of aromatic nitrogens is 3. The monoisotopic (exact) mass is 424 g/mol. The quantitative estimate of drug-likeness (QED) is 0.398. The minimum atomic E-state index is 0.296. The highest BCUT2D eigenvalue weighted by Gasteiger charge is 2.18. The topological polar surface area (TPSA) is 86.0 Å². The fraction of sp³-hybridized carbons (Fsp3) is 0.435. The van der Waals surface area contributed by atoms with E-state index in [0.29, 0.717) is 17.6 Å². The summed E-state index contributed by atoms with van der Waals surface area (Å²) in [7, 11) is 0. The molecule has 0 fully saturated rings. The van der Waals surface area contributed by atoms with Crippen molar-refractivity contribution in [1.82, 2.24) is 14.5 Å². The number of hydrogen-bond donors (Lipinski definition) is 2. The average molecular weight is 425 g/mol. The first-order chi connectivity index (χ1) is 14.4. The molecule has 0 saturated carbocycles. The molecule has 3 aromatic rings. The Hall–Kier alpha value is -2.51. The molecule has 1 atom stereocenters. The van der Waals surface area contributed by atoms with Crippen LogP contribution in [0.5, 0.6) is 0 Å². The van der Waals surface area contributed by atoms with Gasteiger partial charge in [0.2, 0.25) is 0 Å². The van der Waals surface area contributed by atoms with Crippen LogP contribution >= 0.6 is 12.2 Å². The summed E-state index contributed by atoms with van der Waals surface area (Å²) in [4.78, 5) is 11.6. The van der Waals surface area contributed by atoms with Gasteiger partial charge in [-0.2, -0.15) is 0 Å². The third kappa shape index (κ3) is 4.79. The second kappa shape index (κ2) is 10.00. The van der Waals surface area contributed by atoms with E-state index in [0.717, 1.165) is 54.9 Å². The maximum Gasteiger partial charge on any atom is 0.170 e. The van der Waals surface area contributed by atoms with E-state index in [1.165, 1.54) is 11.1 Å². The number of pyridine rings is 1. The van der Waals surface area contributed by atoms with Crippen molar-refractivity contribution < 1.29 is 0 Å². The average Bonchev–Trinajstić information content (AvgIpc) is 3.15. The van der Waals surface area contributed by atoms with Crippen molar-refractivity contribution >= 4 is 34.1 Å². The Bertz CT molecular complexity index is 998. The Balaban J connectivity index is 1.73. The number of hydrogen-bond acceptors (Lipinski definition) is 4. The minimum absolute atomic E-state index is 0.296. The number of rotatable bonds is 9. The summed E-state index contributed by atoms with van der Waals surface area (Å²) >= 11 is 5.26. The van der Waals surface area contributed by atoms with E-state index in [4.69, 9.17) is 33.7 Å². The van der Waals surface area contributed by atoms with Crippen LogP contribution in [-0.4, -0.2) is 32.7 Å². The van der Waals surface area contributed by atoms with Crippen LogP contribution in [0.1, 0.15) is 49.1 Å². The lowest BCUT2D eigenvalue weighted by atomic mass is 10.00. The first-order valence-corrected chi connectivity index (χ1v) is 11.0. The van der Waals surface area contributed by atoms with Crippen molar-refractivity contribution in [3.8, 4) is 0 Å². The van der Waals surface area contributed by atoms with Crippen LogP contribution in [0.3, 0.4) is 0 Å². The van der Waals surface area contributed by atoms with Crippen molar-refractivity contribution in [2.75, 3.05) is 18.0 Å². The van der Waals surface area contributed by atoms with Crippen molar-refractivity contribution in [2.24, 2.45) is 11.5 Å². The Kier molecular flexibility index (Phi) is 7.39. The lowest BCUT2D eigenvalue weighted by Gasteiger charge is -2.23. The standard InChI is InChI=1S/C23H32N6S/c1-16(11-12-24)20-21-22(17(2)18(3)27-20)28(15-26-21)13-7-8-14-29(23(25)30)19-9-5-4-6-10-19/h4-6,9-10,15-16H,7-8,11-14,24H2,1-3H3,(H2,25,30). The van der Waals surface area contributed by atoms with Gasteiger partial charge in [0, 0.05) is 30.4 Å². The van der Waals surface area contributed by atoms with Gasteiger partial charge in [-0.05, 0) is 69.6 Å². The zero-order chi connectivity index (χ0) is 21.7. The third-order valence-corrected chi connectivity index (χ3v) is 5.92.